The van der Waals surface area contributed by atoms with Crippen molar-refractivity contribution in [1.82, 2.24) is 15.1 Å². The van der Waals surface area contributed by atoms with Crippen molar-refractivity contribution in [3.63, 3.8) is 0 Å². The number of halogens is 3. The smallest absolute Gasteiger partial charge is 0.225 e. The van der Waals surface area contributed by atoms with Gasteiger partial charge in [-0.3, -0.25) is 9.69 Å². The first-order valence-corrected chi connectivity index (χ1v) is 8.47. The van der Waals surface area contributed by atoms with Gasteiger partial charge in [-0.05, 0) is 36.7 Å². The molecule has 2 fully saturated rings. The van der Waals surface area contributed by atoms with Crippen LogP contribution in [0.5, 0.6) is 0 Å². The third-order valence-electron chi connectivity index (χ3n) is 4.91. The van der Waals surface area contributed by atoms with Gasteiger partial charge in [-0.15, -0.1) is 24.8 Å². The SMILES string of the molecule is CC(C(=O)N1CCN(Cc2ccc(Cl)cc2)CC1)C1CNC1.Cl.Cl. The highest BCUT2D eigenvalue weighted by atomic mass is 35.5. The lowest BCUT2D eigenvalue weighted by molar-refractivity contribution is -0.139. The third kappa shape index (κ3) is 5.24. The minimum Gasteiger partial charge on any atom is -0.340 e. The van der Waals surface area contributed by atoms with E-state index in [-0.39, 0.29) is 30.7 Å². The van der Waals surface area contributed by atoms with Gasteiger partial charge >= 0.3 is 0 Å². The minimum absolute atomic E-state index is 0. The van der Waals surface area contributed by atoms with Crippen LogP contribution in [0.1, 0.15) is 12.5 Å². The summed E-state index contributed by atoms with van der Waals surface area (Å²) in [6.45, 7) is 8.57. The molecule has 0 spiro atoms. The van der Waals surface area contributed by atoms with E-state index >= 15 is 0 Å². The quantitative estimate of drug-likeness (QED) is 0.853. The van der Waals surface area contributed by atoms with Crippen molar-refractivity contribution in [3.8, 4) is 0 Å². The molecule has 2 heterocycles. The van der Waals surface area contributed by atoms with Gasteiger partial charge in [-0.1, -0.05) is 30.7 Å². The Labute approximate surface area is 161 Å². The summed E-state index contributed by atoms with van der Waals surface area (Å²) in [6.07, 6.45) is 0. The molecule has 1 amide bonds. The van der Waals surface area contributed by atoms with E-state index in [1.165, 1.54) is 5.56 Å². The molecule has 2 aliphatic rings. The number of benzene rings is 1. The van der Waals surface area contributed by atoms with E-state index < -0.39 is 0 Å². The fourth-order valence-corrected chi connectivity index (χ4v) is 3.25. The van der Waals surface area contributed by atoms with Gasteiger partial charge in [0.2, 0.25) is 5.91 Å². The summed E-state index contributed by atoms with van der Waals surface area (Å²) in [7, 11) is 0. The van der Waals surface area contributed by atoms with Crippen LogP contribution in [0.25, 0.3) is 0 Å². The molecule has 1 N–H and O–H groups in total. The van der Waals surface area contributed by atoms with Gasteiger partial charge in [0.15, 0.2) is 0 Å². The third-order valence-corrected chi connectivity index (χ3v) is 5.17. The molecule has 0 radical (unpaired) electrons. The van der Waals surface area contributed by atoms with Crippen LogP contribution in [-0.2, 0) is 11.3 Å². The number of amides is 1. The molecule has 7 heteroatoms. The number of carbonyl (C=O) groups excluding carboxylic acids is 1. The summed E-state index contributed by atoms with van der Waals surface area (Å²) in [5.41, 5.74) is 1.28. The second-order valence-corrected chi connectivity index (χ2v) is 6.87. The Morgan fingerprint density at radius 1 is 1.17 bits per heavy atom. The lowest BCUT2D eigenvalue weighted by Crippen LogP contribution is -2.54. The topological polar surface area (TPSA) is 35.6 Å². The average Bonchev–Trinajstić information content (AvgIpc) is 2.48. The van der Waals surface area contributed by atoms with Gasteiger partial charge in [-0.25, -0.2) is 0 Å². The van der Waals surface area contributed by atoms with Crippen molar-refractivity contribution in [2.75, 3.05) is 39.3 Å². The zero-order chi connectivity index (χ0) is 15.5. The maximum Gasteiger partial charge on any atom is 0.225 e. The summed E-state index contributed by atoms with van der Waals surface area (Å²) in [5.74, 6) is 1.02. The number of hydrogen-bond acceptors (Lipinski definition) is 3. The molecule has 0 saturated carbocycles. The summed E-state index contributed by atoms with van der Waals surface area (Å²) in [6, 6.07) is 8.02. The predicted molar refractivity (Wildman–Crippen MR) is 103 cm³/mol. The van der Waals surface area contributed by atoms with E-state index in [0.717, 1.165) is 50.8 Å². The Bertz CT molecular complexity index is 514. The van der Waals surface area contributed by atoms with Crippen molar-refractivity contribution >= 4 is 42.3 Å². The minimum atomic E-state index is 0. The van der Waals surface area contributed by atoms with E-state index in [9.17, 15) is 4.79 Å². The fraction of sp³-hybridized carbons (Fsp3) is 0.588. The Morgan fingerprint density at radius 3 is 2.25 bits per heavy atom. The summed E-state index contributed by atoms with van der Waals surface area (Å²) >= 11 is 5.92. The molecule has 0 aliphatic carbocycles. The molecule has 3 rings (SSSR count). The monoisotopic (exact) mass is 393 g/mol. The molecule has 1 aromatic rings. The highest BCUT2D eigenvalue weighted by Gasteiger charge is 2.32. The standard InChI is InChI=1S/C17H24ClN3O.2ClH/c1-13(15-10-19-11-15)17(22)21-8-6-20(7-9-21)12-14-2-4-16(18)5-3-14;;/h2-5,13,15,19H,6-12H2,1H3;2*1H. The van der Waals surface area contributed by atoms with E-state index in [1.54, 1.807) is 0 Å². The van der Waals surface area contributed by atoms with E-state index in [1.807, 2.05) is 17.0 Å². The van der Waals surface area contributed by atoms with E-state index in [0.29, 0.717) is 11.8 Å². The summed E-state index contributed by atoms with van der Waals surface area (Å²) in [5, 5.41) is 4.03. The van der Waals surface area contributed by atoms with Crippen LogP contribution in [0, 0.1) is 11.8 Å². The Kier molecular flexibility index (Phi) is 8.82. The van der Waals surface area contributed by atoms with Gasteiger partial charge < -0.3 is 10.2 Å². The van der Waals surface area contributed by atoms with Crippen molar-refractivity contribution in [2.45, 2.75) is 13.5 Å². The molecule has 1 unspecified atom stereocenters. The maximum absolute atomic E-state index is 12.5. The summed E-state index contributed by atoms with van der Waals surface area (Å²) < 4.78 is 0. The van der Waals surface area contributed by atoms with Gasteiger partial charge in [0.1, 0.15) is 0 Å². The maximum atomic E-state index is 12.5. The molecule has 4 nitrogen and oxygen atoms in total. The predicted octanol–water partition coefficient (Wildman–Crippen LogP) is 2.68. The number of hydrogen-bond donors (Lipinski definition) is 1. The van der Waals surface area contributed by atoms with Crippen molar-refractivity contribution in [1.29, 1.82) is 0 Å². The van der Waals surface area contributed by atoms with E-state index in [4.69, 9.17) is 11.6 Å². The number of nitrogens with one attached hydrogen (secondary N) is 1. The lowest BCUT2D eigenvalue weighted by Gasteiger charge is -2.39. The first kappa shape index (κ1) is 21.5. The fourth-order valence-electron chi connectivity index (χ4n) is 3.13. The molecule has 136 valence electrons. The summed E-state index contributed by atoms with van der Waals surface area (Å²) in [4.78, 5) is 16.9. The highest BCUT2D eigenvalue weighted by molar-refractivity contribution is 6.30. The number of carbonyl (C=O) groups is 1. The Balaban J connectivity index is 0.00000144. The van der Waals surface area contributed by atoms with Crippen LogP contribution >= 0.6 is 36.4 Å². The zero-order valence-corrected chi connectivity index (χ0v) is 16.3. The molecule has 1 aromatic carbocycles. The average molecular weight is 395 g/mol. The highest BCUT2D eigenvalue weighted by Crippen LogP contribution is 2.20. The molecule has 2 aliphatic heterocycles. The normalized spacial score (nSPS) is 19.7. The molecule has 1 atom stereocenters. The van der Waals surface area contributed by atoms with Crippen molar-refractivity contribution in [2.24, 2.45) is 11.8 Å². The molecule has 0 bridgehead atoms. The van der Waals surface area contributed by atoms with Crippen molar-refractivity contribution in [3.05, 3.63) is 34.9 Å². The second kappa shape index (κ2) is 9.83. The van der Waals surface area contributed by atoms with Gasteiger partial charge in [0.25, 0.3) is 0 Å². The number of nitrogens with zero attached hydrogens (tertiary/aromatic N) is 2. The van der Waals surface area contributed by atoms with Crippen LogP contribution in [-0.4, -0.2) is 55.0 Å². The van der Waals surface area contributed by atoms with Crippen LogP contribution in [0.15, 0.2) is 24.3 Å². The van der Waals surface area contributed by atoms with E-state index in [2.05, 4.69) is 29.3 Å². The van der Waals surface area contributed by atoms with Gasteiger partial charge in [0.05, 0.1) is 0 Å². The lowest BCUT2D eigenvalue weighted by atomic mass is 9.88. The Morgan fingerprint density at radius 2 is 1.75 bits per heavy atom. The molecule has 2 saturated heterocycles. The van der Waals surface area contributed by atoms with Crippen LogP contribution in [0.2, 0.25) is 5.02 Å². The first-order valence-electron chi connectivity index (χ1n) is 8.10. The zero-order valence-electron chi connectivity index (χ0n) is 13.9. The van der Waals surface area contributed by atoms with Crippen LogP contribution in [0.4, 0.5) is 0 Å². The van der Waals surface area contributed by atoms with Gasteiger partial charge in [-0.2, -0.15) is 0 Å². The number of piperazine rings is 1. The molecular formula is C17H26Cl3N3O. The van der Waals surface area contributed by atoms with Crippen LogP contribution in [0.3, 0.4) is 0 Å². The first-order chi connectivity index (χ1) is 10.6. The van der Waals surface area contributed by atoms with Crippen molar-refractivity contribution < 1.29 is 4.79 Å². The number of rotatable bonds is 4. The molecule has 24 heavy (non-hydrogen) atoms. The van der Waals surface area contributed by atoms with Gasteiger partial charge in [0, 0.05) is 43.7 Å². The Hall–Kier alpha value is -0.520. The molecular weight excluding hydrogens is 369 g/mol. The second-order valence-electron chi connectivity index (χ2n) is 6.43. The largest absolute Gasteiger partial charge is 0.340 e. The van der Waals surface area contributed by atoms with Crippen LogP contribution < -0.4 is 5.32 Å². The molecule has 0 aromatic heterocycles.